The standard InChI is InChI=1S/C34H56N6O9/c1-22(37(6)33(48)49-34(2,3)4)29(44)40-18-15-25(40)32(47)38(7)26(19-23-13-9-8-10-14-23)31(46)36(5)21-27(41)35-24(20-28(42)43)30(45)39-16-11-12-17-39/h22-26H,8-21H2,1-7H3,(H,35,41)(H,42,43)/t22-,24-,25?,26-/m0/s1. The molecule has 6 amide bonds. The molecule has 3 fully saturated rings. The minimum atomic E-state index is -1.26. The molecular formula is C34H56N6O9. The molecule has 0 bridgehead atoms. The zero-order valence-electron chi connectivity index (χ0n) is 30.2. The fraction of sp³-hybridized carbons (Fsp3) is 0.794. The van der Waals surface area contributed by atoms with Gasteiger partial charge in [-0.1, -0.05) is 32.1 Å². The molecule has 1 unspecified atom stereocenters. The summed E-state index contributed by atoms with van der Waals surface area (Å²) in [6.07, 6.45) is 6.13. The molecule has 15 nitrogen and oxygen atoms in total. The number of carboxylic acids is 1. The highest BCUT2D eigenvalue weighted by atomic mass is 16.6. The third-order valence-corrected chi connectivity index (χ3v) is 9.78. The van der Waals surface area contributed by atoms with E-state index in [-0.39, 0.29) is 5.92 Å². The topological polar surface area (TPSA) is 177 Å². The molecule has 0 radical (unpaired) electrons. The molecule has 3 aliphatic rings. The van der Waals surface area contributed by atoms with Gasteiger partial charge in [0.1, 0.15) is 29.8 Å². The van der Waals surface area contributed by atoms with Crippen LogP contribution in [0.25, 0.3) is 0 Å². The maximum Gasteiger partial charge on any atom is 0.410 e. The van der Waals surface area contributed by atoms with Gasteiger partial charge in [0.05, 0.1) is 13.0 Å². The summed E-state index contributed by atoms with van der Waals surface area (Å²) in [5, 5.41) is 11.9. The van der Waals surface area contributed by atoms with Crippen molar-refractivity contribution in [1.29, 1.82) is 0 Å². The molecule has 2 saturated heterocycles. The van der Waals surface area contributed by atoms with Gasteiger partial charge in [0.15, 0.2) is 0 Å². The van der Waals surface area contributed by atoms with Gasteiger partial charge in [-0.05, 0) is 59.3 Å². The molecule has 0 aromatic rings. The van der Waals surface area contributed by atoms with Crippen LogP contribution in [0.4, 0.5) is 4.79 Å². The van der Waals surface area contributed by atoms with E-state index in [1.54, 1.807) is 27.7 Å². The fourth-order valence-electron chi connectivity index (χ4n) is 6.68. The van der Waals surface area contributed by atoms with E-state index in [0.717, 1.165) is 44.9 Å². The molecule has 2 heterocycles. The summed E-state index contributed by atoms with van der Waals surface area (Å²) in [5.41, 5.74) is -0.745. The molecule has 4 atom stereocenters. The zero-order valence-corrected chi connectivity index (χ0v) is 30.2. The molecule has 0 aromatic heterocycles. The highest BCUT2D eigenvalue weighted by Crippen LogP contribution is 2.30. The molecule has 2 N–H and O–H groups in total. The molecule has 1 saturated carbocycles. The summed E-state index contributed by atoms with van der Waals surface area (Å²) in [6.45, 7) is 7.64. The fourth-order valence-corrected chi connectivity index (χ4v) is 6.68. The van der Waals surface area contributed by atoms with Crippen molar-refractivity contribution in [1.82, 2.24) is 29.8 Å². The van der Waals surface area contributed by atoms with E-state index >= 15 is 0 Å². The Morgan fingerprint density at radius 1 is 0.857 bits per heavy atom. The van der Waals surface area contributed by atoms with Crippen LogP contribution in [0.1, 0.15) is 91.9 Å². The maximum absolute atomic E-state index is 14.0. The quantitative estimate of drug-likeness (QED) is 0.291. The average Bonchev–Trinajstić information content (AvgIpc) is 3.55. The van der Waals surface area contributed by atoms with Crippen molar-refractivity contribution in [3.63, 3.8) is 0 Å². The Kier molecular flexibility index (Phi) is 13.8. The van der Waals surface area contributed by atoms with Gasteiger partial charge in [-0.15, -0.1) is 0 Å². The third kappa shape index (κ3) is 10.8. The van der Waals surface area contributed by atoms with E-state index in [2.05, 4.69) is 5.32 Å². The van der Waals surface area contributed by atoms with Crippen LogP contribution < -0.4 is 5.32 Å². The van der Waals surface area contributed by atoms with Crippen molar-refractivity contribution < 1.29 is 43.4 Å². The van der Waals surface area contributed by atoms with Gasteiger partial charge in [-0.3, -0.25) is 33.7 Å². The van der Waals surface area contributed by atoms with Crippen LogP contribution in [0, 0.1) is 5.92 Å². The van der Waals surface area contributed by atoms with E-state index in [4.69, 9.17) is 4.74 Å². The molecule has 1 aliphatic carbocycles. The SMILES string of the molecule is C[C@@H](C(=O)N1CCC1C(=O)N(C)[C@@H](CC1CCCCC1)C(=O)N(C)CC(=O)N[C@@H](CC(=O)O)C(=O)N1CCCC1)N(C)C(=O)OC(C)(C)C. The van der Waals surface area contributed by atoms with Gasteiger partial charge in [-0.2, -0.15) is 0 Å². The normalized spacial score (nSPS) is 19.9. The lowest BCUT2D eigenvalue weighted by atomic mass is 9.84. The van der Waals surface area contributed by atoms with Crippen LogP contribution in [-0.4, -0.2) is 148 Å². The predicted octanol–water partition coefficient (Wildman–Crippen LogP) is 1.68. The van der Waals surface area contributed by atoms with Crippen molar-refractivity contribution in [2.24, 2.45) is 5.92 Å². The first-order valence-corrected chi connectivity index (χ1v) is 17.5. The number of rotatable bonds is 13. The Balaban J connectivity index is 1.71. The summed E-state index contributed by atoms with van der Waals surface area (Å²) in [5.74, 6) is -3.46. The van der Waals surface area contributed by atoms with Crippen LogP contribution in [0.3, 0.4) is 0 Å². The molecule has 276 valence electrons. The minimum absolute atomic E-state index is 0.194. The van der Waals surface area contributed by atoms with E-state index < -0.39 is 84.3 Å². The highest BCUT2D eigenvalue weighted by molar-refractivity contribution is 5.96. The van der Waals surface area contributed by atoms with Crippen molar-refractivity contribution in [2.45, 2.75) is 122 Å². The molecule has 3 rings (SSSR count). The van der Waals surface area contributed by atoms with Crippen LogP contribution in [0.5, 0.6) is 0 Å². The number of carboxylic acid groups (broad SMARTS) is 1. The second kappa shape index (κ2) is 17.1. The molecule has 49 heavy (non-hydrogen) atoms. The summed E-state index contributed by atoms with van der Waals surface area (Å²) >= 11 is 0. The number of aliphatic carboxylic acids is 1. The Morgan fingerprint density at radius 2 is 1.47 bits per heavy atom. The maximum atomic E-state index is 14.0. The second-order valence-electron chi connectivity index (χ2n) is 14.8. The van der Waals surface area contributed by atoms with Crippen LogP contribution in [0.15, 0.2) is 0 Å². The van der Waals surface area contributed by atoms with Crippen LogP contribution >= 0.6 is 0 Å². The number of carbonyl (C=O) groups excluding carboxylic acids is 6. The number of carbonyl (C=O) groups is 7. The minimum Gasteiger partial charge on any atom is -0.481 e. The molecule has 15 heteroatoms. The monoisotopic (exact) mass is 692 g/mol. The number of nitrogens with zero attached hydrogens (tertiary/aromatic N) is 5. The number of likely N-dealkylation sites (tertiary alicyclic amines) is 2. The van der Waals surface area contributed by atoms with Crippen LogP contribution in [-0.2, 0) is 33.5 Å². The predicted molar refractivity (Wildman–Crippen MR) is 179 cm³/mol. The Hall–Kier alpha value is -3.91. The first kappa shape index (κ1) is 39.5. The molecule has 0 aromatic carbocycles. The van der Waals surface area contributed by atoms with Gasteiger partial charge >= 0.3 is 12.1 Å². The molecule has 0 spiro atoms. The largest absolute Gasteiger partial charge is 0.481 e. The Morgan fingerprint density at radius 3 is 2.00 bits per heavy atom. The number of likely N-dealkylation sites (N-methyl/N-ethyl adjacent to an activating group) is 3. The van der Waals surface area contributed by atoms with Crippen molar-refractivity contribution in [3.8, 4) is 0 Å². The van der Waals surface area contributed by atoms with Crippen molar-refractivity contribution >= 4 is 41.6 Å². The Bertz CT molecular complexity index is 1240. The summed E-state index contributed by atoms with van der Waals surface area (Å²) in [7, 11) is 4.45. The van der Waals surface area contributed by atoms with Gasteiger partial charge in [0.25, 0.3) is 0 Å². The number of ether oxygens (including phenoxy) is 1. The zero-order chi connectivity index (χ0) is 36.6. The lowest BCUT2D eigenvalue weighted by molar-refractivity contribution is -0.158. The summed E-state index contributed by atoms with van der Waals surface area (Å²) in [4.78, 5) is 98.2. The van der Waals surface area contributed by atoms with Gasteiger partial charge in [-0.25, -0.2) is 4.79 Å². The smallest absolute Gasteiger partial charge is 0.410 e. The van der Waals surface area contributed by atoms with Crippen molar-refractivity contribution in [3.05, 3.63) is 0 Å². The lowest BCUT2D eigenvalue weighted by Gasteiger charge is -2.45. The number of amides is 6. The summed E-state index contributed by atoms with van der Waals surface area (Å²) in [6, 6.07) is -3.86. The highest BCUT2D eigenvalue weighted by Gasteiger charge is 2.45. The van der Waals surface area contributed by atoms with E-state index in [0.29, 0.717) is 32.5 Å². The molecular weight excluding hydrogens is 636 g/mol. The molecule has 2 aliphatic heterocycles. The number of nitrogens with one attached hydrogen (secondary N) is 1. The summed E-state index contributed by atoms with van der Waals surface area (Å²) < 4.78 is 5.39. The van der Waals surface area contributed by atoms with E-state index in [9.17, 15) is 38.7 Å². The van der Waals surface area contributed by atoms with Crippen molar-refractivity contribution in [2.75, 3.05) is 47.3 Å². The van der Waals surface area contributed by atoms with Gasteiger partial charge in [0, 0.05) is 40.8 Å². The Labute approximate surface area is 289 Å². The second-order valence-corrected chi connectivity index (χ2v) is 14.8. The van der Waals surface area contributed by atoms with E-state index in [1.165, 1.54) is 45.6 Å². The van der Waals surface area contributed by atoms with E-state index in [1.807, 2.05) is 0 Å². The first-order valence-electron chi connectivity index (χ1n) is 17.5. The third-order valence-electron chi connectivity index (χ3n) is 9.78. The first-order chi connectivity index (χ1) is 22.9. The lowest BCUT2D eigenvalue weighted by Crippen LogP contribution is -2.64. The number of hydrogen-bond acceptors (Lipinski definition) is 8. The van der Waals surface area contributed by atoms with Gasteiger partial charge in [0.2, 0.25) is 29.5 Å². The number of hydrogen-bond donors (Lipinski definition) is 2. The average molecular weight is 693 g/mol. The van der Waals surface area contributed by atoms with Gasteiger partial charge < -0.3 is 34.8 Å². The van der Waals surface area contributed by atoms with Crippen LogP contribution in [0.2, 0.25) is 0 Å².